The number of hydrogen-bond donors (Lipinski definition) is 1. The van der Waals surface area contributed by atoms with Gasteiger partial charge < -0.3 is 23.9 Å². The lowest BCUT2D eigenvalue weighted by atomic mass is 9.96. The maximum atomic E-state index is 12.9. The first-order chi connectivity index (χ1) is 17.0. The number of fused-ring (bicyclic) bond motifs is 1. The van der Waals surface area contributed by atoms with Crippen LogP contribution in [0.3, 0.4) is 0 Å². The van der Waals surface area contributed by atoms with Gasteiger partial charge in [0, 0.05) is 28.2 Å². The normalized spacial score (nSPS) is 11.4. The third-order valence-corrected chi connectivity index (χ3v) is 5.87. The summed E-state index contributed by atoms with van der Waals surface area (Å²) in [6.45, 7) is 6.27. The zero-order chi connectivity index (χ0) is 24.9. The lowest BCUT2D eigenvalue weighted by Gasteiger charge is -2.14. The molecule has 3 aromatic carbocycles. The molecule has 0 fully saturated rings. The molecule has 0 radical (unpaired) electrons. The Balaban J connectivity index is 1.73. The molecule has 0 saturated heterocycles. The average molecular weight is 472 g/mol. The van der Waals surface area contributed by atoms with E-state index < -0.39 is 0 Å². The molecule has 0 spiro atoms. The minimum absolute atomic E-state index is 0.253. The van der Waals surface area contributed by atoms with Gasteiger partial charge in [0.1, 0.15) is 22.8 Å². The summed E-state index contributed by atoms with van der Waals surface area (Å²) in [6.07, 6.45) is 3.32. The Kier molecular flexibility index (Phi) is 7.11. The van der Waals surface area contributed by atoms with Crippen LogP contribution >= 0.6 is 0 Å². The van der Waals surface area contributed by atoms with E-state index in [0.717, 1.165) is 44.5 Å². The van der Waals surface area contributed by atoms with Crippen molar-refractivity contribution in [3.63, 3.8) is 0 Å². The molecule has 0 atom stereocenters. The van der Waals surface area contributed by atoms with E-state index in [4.69, 9.17) is 18.6 Å². The molecule has 6 heteroatoms. The predicted molar refractivity (Wildman–Crippen MR) is 139 cm³/mol. The first-order valence-corrected chi connectivity index (χ1v) is 11.4. The van der Waals surface area contributed by atoms with E-state index >= 15 is 0 Å². The van der Waals surface area contributed by atoms with Gasteiger partial charge in [-0.25, -0.2) is 0 Å². The molecule has 6 nitrogen and oxygen atoms in total. The minimum atomic E-state index is -0.253. The summed E-state index contributed by atoms with van der Waals surface area (Å²) in [5, 5.41) is 3.86. The maximum absolute atomic E-state index is 12.9. The molecular weight excluding hydrogens is 442 g/mol. The Bertz CT molecular complexity index is 1380. The Labute approximate surface area is 205 Å². The van der Waals surface area contributed by atoms with E-state index in [0.29, 0.717) is 23.8 Å². The zero-order valence-corrected chi connectivity index (χ0v) is 20.6. The largest absolute Gasteiger partial charge is 0.497 e. The van der Waals surface area contributed by atoms with Gasteiger partial charge >= 0.3 is 0 Å². The molecular formula is C29H29NO5. The van der Waals surface area contributed by atoms with Crippen LogP contribution in [0.25, 0.3) is 27.7 Å². The first-order valence-electron chi connectivity index (χ1n) is 11.4. The van der Waals surface area contributed by atoms with Gasteiger partial charge in [0.15, 0.2) is 0 Å². The van der Waals surface area contributed by atoms with Crippen molar-refractivity contribution in [1.82, 2.24) is 0 Å². The van der Waals surface area contributed by atoms with Crippen molar-refractivity contribution >= 4 is 28.1 Å². The van der Waals surface area contributed by atoms with Crippen LogP contribution in [0, 0.1) is 6.92 Å². The second-order valence-corrected chi connectivity index (χ2v) is 8.08. The zero-order valence-electron chi connectivity index (χ0n) is 20.6. The fourth-order valence-electron chi connectivity index (χ4n) is 4.16. The molecule has 180 valence electrons. The number of benzene rings is 3. The van der Waals surface area contributed by atoms with Gasteiger partial charge in [-0.1, -0.05) is 24.3 Å². The van der Waals surface area contributed by atoms with E-state index in [9.17, 15) is 4.79 Å². The van der Waals surface area contributed by atoms with Crippen LogP contribution < -0.4 is 19.5 Å². The number of amides is 1. The molecule has 0 aliphatic carbocycles. The first kappa shape index (κ1) is 24.0. The summed E-state index contributed by atoms with van der Waals surface area (Å²) in [5.41, 5.74) is 5.79. The number of anilines is 1. The topological polar surface area (TPSA) is 69.9 Å². The van der Waals surface area contributed by atoms with Crippen molar-refractivity contribution in [2.75, 3.05) is 26.1 Å². The van der Waals surface area contributed by atoms with Crippen LogP contribution in [0.4, 0.5) is 5.69 Å². The Morgan fingerprint density at radius 3 is 2.49 bits per heavy atom. The quantitative estimate of drug-likeness (QED) is 0.284. The average Bonchev–Trinajstić information content (AvgIpc) is 3.29. The Morgan fingerprint density at radius 1 is 1.06 bits per heavy atom. The van der Waals surface area contributed by atoms with Gasteiger partial charge in [0.25, 0.3) is 0 Å². The molecule has 4 aromatic rings. The number of carbonyl (C=O) groups is 1. The molecule has 1 amide bonds. The minimum Gasteiger partial charge on any atom is -0.497 e. The summed E-state index contributed by atoms with van der Waals surface area (Å²) in [5.74, 6) is 1.84. The lowest BCUT2D eigenvalue weighted by Crippen LogP contribution is -2.10. The fourth-order valence-corrected chi connectivity index (χ4v) is 4.16. The molecule has 1 aromatic heterocycles. The number of carbonyl (C=O) groups excluding carboxylic acids is 1. The van der Waals surface area contributed by atoms with Crippen LogP contribution in [0.1, 0.15) is 25.0 Å². The van der Waals surface area contributed by atoms with E-state index in [-0.39, 0.29) is 5.91 Å². The second-order valence-electron chi connectivity index (χ2n) is 8.08. The van der Waals surface area contributed by atoms with Gasteiger partial charge in [-0.15, -0.1) is 0 Å². The predicted octanol–water partition coefficient (Wildman–Crippen LogP) is 6.87. The molecule has 0 saturated carbocycles. The monoisotopic (exact) mass is 471 g/mol. The molecule has 0 bridgehead atoms. The number of rotatable bonds is 8. The van der Waals surface area contributed by atoms with Crippen molar-refractivity contribution in [1.29, 1.82) is 0 Å². The molecule has 4 rings (SSSR count). The van der Waals surface area contributed by atoms with Gasteiger partial charge in [-0.05, 0) is 62.2 Å². The van der Waals surface area contributed by atoms with Crippen LogP contribution in [0.2, 0.25) is 0 Å². The number of furan rings is 1. The van der Waals surface area contributed by atoms with Gasteiger partial charge in [0.05, 0.1) is 32.8 Å². The number of methoxy groups -OCH3 is 2. The highest BCUT2D eigenvalue weighted by molar-refractivity contribution is 6.06. The second kappa shape index (κ2) is 10.4. The third-order valence-electron chi connectivity index (χ3n) is 5.87. The Morgan fingerprint density at radius 2 is 1.80 bits per heavy atom. The number of hydrogen-bond acceptors (Lipinski definition) is 5. The van der Waals surface area contributed by atoms with Gasteiger partial charge in [0.2, 0.25) is 5.91 Å². The van der Waals surface area contributed by atoms with Crippen molar-refractivity contribution in [2.24, 2.45) is 0 Å². The molecule has 0 aliphatic rings. The van der Waals surface area contributed by atoms with E-state index in [1.54, 1.807) is 26.6 Å². The number of nitrogens with one attached hydrogen (secondary N) is 1. The number of allylic oxidation sites excluding steroid dienone is 1. The SMILES string of the molecule is CCOc1ccccc1NC(=O)/C=C(\C)c1cc2c(-c3ccc(OC)cc3)coc2c(C)c1OC. The fraction of sp³-hybridized carbons (Fsp3) is 0.207. The van der Waals surface area contributed by atoms with Crippen LogP contribution in [0.15, 0.2) is 71.4 Å². The summed E-state index contributed by atoms with van der Waals surface area (Å²) in [4.78, 5) is 12.9. The summed E-state index contributed by atoms with van der Waals surface area (Å²) in [6, 6.07) is 17.2. The van der Waals surface area contributed by atoms with Crippen molar-refractivity contribution in [3.05, 3.63) is 78.1 Å². The molecule has 1 N–H and O–H groups in total. The summed E-state index contributed by atoms with van der Waals surface area (Å²) < 4.78 is 22.6. The number of ether oxygens (including phenoxy) is 3. The smallest absolute Gasteiger partial charge is 0.248 e. The highest BCUT2D eigenvalue weighted by Crippen LogP contribution is 2.41. The van der Waals surface area contributed by atoms with E-state index in [1.807, 2.05) is 75.4 Å². The molecule has 1 heterocycles. The van der Waals surface area contributed by atoms with Gasteiger partial charge in [-0.2, -0.15) is 0 Å². The highest BCUT2D eigenvalue weighted by atomic mass is 16.5. The molecule has 0 aliphatic heterocycles. The van der Waals surface area contributed by atoms with Crippen molar-refractivity contribution < 1.29 is 23.4 Å². The summed E-state index contributed by atoms with van der Waals surface area (Å²) in [7, 11) is 3.27. The van der Waals surface area contributed by atoms with Gasteiger partial charge in [-0.3, -0.25) is 4.79 Å². The standard InChI is InChI=1S/C29H29NO5/c1-6-34-26-10-8-7-9-25(26)30-27(31)15-18(2)22-16-23-24(20-11-13-21(32-4)14-12-20)17-35-29(23)19(3)28(22)33-5/h7-17H,6H2,1-5H3,(H,30,31)/b18-15+. The number of aryl methyl sites for hydroxylation is 1. The third kappa shape index (κ3) is 4.87. The van der Waals surface area contributed by atoms with E-state index in [2.05, 4.69) is 5.32 Å². The maximum Gasteiger partial charge on any atom is 0.248 e. The van der Waals surface area contributed by atoms with Crippen molar-refractivity contribution in [2.45, 2.75) is 20.8 Å². The van der Waals surface area contributed by atoms with Crippen LogP contribution in [0.5, 0.6) is 17.2 Å². The van der Waals surface area contributed by atoms with Crippen molar-refractivity contribution in [3.8, 4) is 28.4 Å². The highest BCUT2D eigenvalue weighted by Gasteiger charge is 2.19. The lowest BCUT2D eigenvalue weighted by molar-refractivity contribution is -0.111. The van der Waals surface area contributed by atoms with E-state index in [1.165, 1.54) is 0 Å². The van der Waals surface area contributed by atoms with Crippen LogP contribution in [-0.4, -0.2) is 26.7 Å². The molecule has 35 heavy (non-hydrogen) atoms. The van der Waals surface area contributed by atoms with Crippen LogP contribution in [-0.2, 0) is 4.79 Å². The number of para-hydroxylation sites is 2. The Hall–Kier alpha value is -4.19. The summed E-state index contributed by atoms with van der Waals surface area (Å²) >= 11 is 0. The molecule has 0 unspecified atom stereocenters.